The standard InChI is InChI=1S/C20H22ClN3O3S/c1-11-19(28-12(2)22-11)17(25)15-16(13-6-5-7-14(21)10-13)24(9-8-23(3)4)20(27)18(15)26/h5-7,10,16,26H,8-9H2,1-4H3. The second kappa shape index (κ2) is 8.03. The smallest absolute Gasteiger partial charge is 0.240 e. The van der Waals surface area contributed by atoms with E-state index in [2.05, 4.69) is 4.98 Å². The Morgan fingerprint density at radius 3 is 2.64 bits per heavy atom. The topological polar surface area (TPSA) is 77.8 Å². The van der Waals surface area contributed by atoms with Crippen LogP contribution >= 0.6 is 22.9 Å². The van der Waals surface area contributed by atoms with E-state index in [0.717, 1.165) is 9.91 Å². The average Bonchev–Trinajstić information content (AvgIpc) is 3.09. The van der Waals surface area contributed by atoms with E-state index >= 15 is 0 Å². The van der Waals surface area contributed by atoms with Gasteiger partial charge in [-0.3, -0.25) is 9.59 Å². The molecular weight excluding hydrogens is 398 g/mol. The summed E-state index contributed by atoms with van der Waals surface area (Å²) in [5, 5.41) is 14.1. The minimum absolute atomic E-state index is 0.0206. The van der Waals surface area contributed by atoms with E-state index < -0.39 is 23.5 Å². The van der Waals surface area contributed by atoms with Crippen LogP contribution in [0.5, 0.6) is 0 Å². The Morgan fingerprint density at radius 2 is 2.07 bits per heavy atom. The quantitative estimate of drug-likeness (QED) is 0.707. The minimum Gasteiger partial charge on any atom is -0.868 e. The molecule has 0 aliphatic carbocycles. The normalized spacial score (nSPS) is 17.1. The highest BCUT2D eigenvalue weighted by atomic mass is 35.5. The largest absolute Gasteiger partial charge is 0.868 e. The Kier molecular flexibility index (Phi) is 5.88. The zero-order valence-corrected chi connectivity index (χ0v) is 17.8. The molecule has 28 heavy (non-hydrogen) atoms. The van der Waals surface area contributed by atoms with Gasteiger partial charge in [-0.15, -0.1) is 11.3 Å². The molecule has 1 N–H and O–H groups in total. The number of halogens is 1. The fourth-order valence-electron chi connectivity index (χ4n) is 3.33. The predicted octanol–water partition coefficient (Wildman–Crippen LogP) is 0.938. The van der Waals surface area contributed by atoms with Gasteiger partial charge in [0, 0.05) is 10.6 Å². The molecule has 8 heteroatoms. The monoisotopic (exact) mass is 419 g/mol. The number of carbonyl (C=O) groups is 2. The molecule has 1 aromatic heterocycles. The number of hydrogen-bond acceptors (Lipinski definition) is 5. The van der Waals surface area contributed by atoms with Gasteiger partial charge in [0.2, 0.25) is 11.7 Å². The third-order valence-corrected chi connectivity index (χ3v) is 5.96. The Labute approximate surface area is 173 Å². The predicted molar refractivity (Wildman–Crippen MR) is 107 cm³/mol. The number of Topliss-reactive ketones (excluding diaryl/α,β-unsaturated/α-hetero) is 1. The van der Waals surface area contributed by atoms with Gasteiger partial charge in [-0.05, 0) is 37.3 Å². The second-order valence-electron chi connectivity index (χ2n) is 7.13. The first-order valence-electron chi connectivity index (χ1n) is 8.96. The number of thiazole rings is 1. The minimum atomic E-state index is -0.743. The summed E-state index contributed by atoms with van der Waals surface area (Å²) >= 11 is 7.39. The number of benzene rings is 1. The number of nitrogens with zero attached hydrogens (tertiary/aromatic N) is 2. The number of aryl methyl sites for hydroxylation is 2. The van der Waals surface area contributed by atoms with Gasteiger partial charge in [0.05, 0.1) is 48.8 Å². The molecule has 6 nitrogen and oxygen atoms in total. The van der Waals surface area contributed by atoms with Crippen molar-refractivity contribution in [2.45, 2.75) is 19.9 Å². The lowest BCUT2D eigenvalue weighted by molar-refractivity contribution is -0.857. The van der Waals surface area contributed by atoms with Crippen molar-refractivity contribution >= 4 is 34.6 Å². The van der Waals surface area contributed by atoms with E-state index in [4.69, 9.17) is 11.6 Å². The van der Waals surface area contributed by atoms with Gasteiger partial charge in [-0.25, -0.2) is 4.98 Å². The molecule has 0 fully saturated rings. The lowest BCUT2D eigenvalue weighted by Gasteiger charge is -2.28. The van der Waals surface area contributed by atoms with Crippen molar-refractivity contribution < 1.29 is 19.6 Å². The first-order chi connectivity index (χ1) is 13.2. The van der Waals surface area contributed by atoms with Gasteiger partial charge in [0.1, 0.15) is 0 Å². The van der Waals surface area contributed by atoms with Crippen molar-refractivity contribution in [3.05, 3.63) is 61.8 Å². The van der Waals surface area contributed by atoms with E-state index in [1.165, 1.54) is 16.2 Å². The fourth-order valence-corrected chi connectivity index (χ4v) is 4.41. The number of rotatable bonds is 6. The molecule has 1 aliphatic heterocycles. The van der Waals surface area contributed by atoms with Gasteiger partial charge in [-0.2, -0.15) is 0 Å². The van der Waals surface area contributed by atoms with Crippen molar-refractivity contribution in [3.8, 4) is 0 Å². The Morgan fingerprint density at radius 1 is 1.36 bits per heavy atom. The molecule has 1 unspecified atom stereocenters. The van der Waals surface area contributed by atoms with E-state index in [0.29, 0.717) is 34.2 Å². The van der Waals surface area contributed by atoms with Crippen LogP contribution in [0, 0.1) is 13.8 Å². The van der Waals surface area contributed by atoms with Crippen LogP contribution < -0.4 is 10.0 Å². The molecule has 0 bridgehead atoms. The lowest BCUT2D eigenvalue weighted by Crippen LogP contribution is -3.06. The second-order valence-corrected chi connectivity index (χ2v) is 8.77. The summed E-state index contributed by atoms with van der Waals surface area (Å²) < 4.78 is 0. The van der Waals surface area contributed by atoms with Crippen LogP contribution in [-0.4, -0.2) is 48.8 Å². The highest BCUT2D eigenvalue weighted by molar-refractivity contribution is 7.14. The Bertz CT molecular complexity index is 967. The number of ketones is 1. The third-order valence-electron chi connectivity index (χ3n) is 4.66. The molecule has 2 aromatic rings. The molecule has 2 heterocycles. The highest BCUT2D eigenvalue weighted by Gasteiger charge is 2.40. The number of carbonyl (C=O) groups excluding carboxylic acids is 2. The molecule has 3 rings (SSSR count). The molecule has 0 saturated heterocycles. The molecular formula is C20H22ClN3O3S. The summed E-state index contributed by atoms with van der Waals surface area (Å²) in [6, 6.07) is 6.22. The van der Waals surface area contributed by atoms with Gasteiger partial charge in [-0.1, -0.05) is 23.7 Å². The number of quaternary nitrogens is 1. The van der Waals surface area contributed by atoms with Crippen molar-refractivity contribution in [1.82, 2.24) is 9.88 Å². The van der Waals surface area contributed by atoms with Crippen LogP contribution in [0.25, 0.3) is 0 Å². The molecule has 1 amide bonds. The highest BCUT2D eigenvalue weighted by Crippen LogP contribution is 2.39. The summed E-state index contributed by atoms with van der Waals surface area (Å²) in [7, 11) is 3.94. The van der Waals surface area contributed by atoms with Gasteiger partial charge < -0.3 is 14.9 Å². The summed E-state index contributed by atoms with van der Waals surface area (Å²) in [5.41, 5.74) is 1.21. The van der Waals surface area contributed by atoms with Crippen LogP contribution in [0.3, 0.4) is 0 Å². The number of likely N-dealkylation sites (N-methyl/N-ethyl adjacent to an activating group) is 1. The number of nitrogens with one attached hydrogen (secondary N) is 1. The van der Waals surface area contributed by atoms with Crippen LogP contribution in [0.4, 0.5) is 0 Å². The fraction of sp³-hybridized carbons (Fsp3) is 0.350. The maximum absolute atomic E-state index is 13.3. The van der Waals surface area contributed by atoms with Crippen molar-refractivity contribution in [3.63, 3.8) is 0 Å². The summed E-state index contributed by atoms with van der Waals surface area (Å²) in [6.45, 7) is 4.55. The van der Waals surface area contributed by atoms with Crippen LogP contribution in [0.2, 0.25) is 5.02 Å². The van der Waals surface area contributed by atoms with Gasteiger partial charge in [0.25, 0.3) is 0 Å². The summed E-state index contributed by atoms with van der Waals surface area (Å²) in [6.07, 6.45) is 0. The van der Waals surface area contributed by atoms with Crippen molar-refractivity contribution in [2.75, 3.05) is 27.2 Å². The number of hydrogen-bond donors (Lipinski definition) is 1. The SMILES string of the molecule is Cc1nc(C)c(C(=O)C2=C([O-])C(=O)N(CC[NH+](C)C)C2c2cccc(Cl)c2)s1. The van der Waals surface area contributed by atoms with Gasteiger partial charge in [0.15, 0.2) is 0 Å². The Balaban J connectivity index is 2.10. The van der Waals surface area contributed by atoms with Crippen LogP contribution in [0.1, 0.15) is 32.0 Å². The molecule has 1 aromatic carbocycles. The van der Waals surface area contributed by atoms with Crippen LogP contribution in [0.15, 0.2) is 35.6 Å². The first kappa shape index (κ1) is 20.5. The summed E-state index contributed by atoms with van der Waals surface area (Å²) in [5.74, 6) is -1.81. The van der Waals surface area contributed by atoms with Crippen LogP contribution in [-0.2, 0) is 4.79 Å². The molecule has 0 saturated carbocycles. The molecule has 0 spiro atoms. The van der Waals surface area contributed by atoms with Crippen molar-refractivity contribution in [1.29, 1.82) is 0 Å². The van der Waals surface area contributed by atoms with Gasteiger partial charge >= 0.3 is 0 Å². The number of amides is 1. The van der Waals surface area contributed by atoms with E-state index in [9.17, 15) is 14.7 Å². The molecule has 148 valence electrons. The maximum Gasteiger partial charge on any atom is 0.240 e. The van der Waals surface area contributed by atoms with E-state index in [1.54, 1.807) is 38.1 Å². The molecule has 0 radical (unpaired) electrons. The average molecular weight is 420 g/mol. The lowest BCUT2D eigenvalue weighted by atomic mass is 9.95. The zero-order chi connectivity index (χ0) is 20.6. The third kappa shape index (κ3) is 3.83. The molecule has 1 atom stereocenters. The number of aromatic nitrogens is 1. The van der Waals surface area contributed by atoms with E-state index in [1.807, 2.05) is 14.1 Å². The molecule has 1 aliphatic rings. The maximum atomic E-state index is 13.3. The first-order valence-corrected chi connectivity index (χ1v) is 10.2. The van der Waals surface area contributed by atoms with E-state index in [-0.39, 0.29) is 5.57 Å². The van der Waals surface area contributed by atoms with Crippen molar-refractivity contribution in [2.24, 2.45) is 0 Å². The zero-order valence-electron chi connectivity index (χ0n) is 16.2. The summed E-state index contributed by atoms with van der Waals surface area (Å²) in [4.78, 5) is 33.4. The Hall–Kier alpha value is -2.22.